The highest BCUT2D eigenvalue weighted by Crippen LogP contribution is 2.20. The topological polar surface area (TPSA) is 97.0 Å². The van der Waals surface area contributed by atoms with Crippen LogP contribution in [0.2, 0.25) is 0 Å². The molecule has 108 valence electrons. The van der Waals surface area contributed by atoms with Gasteiger partial charge in [0.1, 0.15) is 5.52 Å². The molecule has 0 bridgehead atoms. The lowest BCUT2D eigenvalue weighted by Crippen LogP contribution is -2.22. The Morgan fingerprint density at radius 1 is 1.35 bits per heavy atom. The SMILES string of the molecule is CCCCC(CCO)Nc1nc(N)nc2cccnc12. The fraction of sp³-hybridized carbons (Fsp3) is 0.500. The monoisotopic (exact) mass is 275 g/mol. The van der Waals surface area contributed by atoms with E-state index in [1.807, 2.05) is 12.1 Å². The molecule has 6 nitrogen and oxygen atoms in total. The molecule has 0 fully saturated rings. The lowest BCUT2D eigenvalue weighted by molar-refractivity contribution is 0.276. The molecule has 0 radical (unpaired) electrons. The van der Waals surface area contributed by atoms with E-state index < -0.39 is 0 Å². The molecule has 0 aliphatic heterocycles. The predicted octanol–water partition coefficient (Wildman–Crippen LogP) is 1.96. The Labute approximate surface area is 118 Å². The molecular formula is C14H21N5O. The van der Waals surface area contributed by atoms with E-state index in [2.05, 4.69) is 27.2 Å². The molecule has 0 aliphatic carbocycles. The molecule has 0 spiro atoms. The van der Waals surface area contributed by atoms with Gasteiger partial charge in [0.05, 0.1) is 5.52 Å². The van der Waals surface area contributed by atoms with Crippen molar-refractivity contribution in [1.82, 2.24) is 15.0 Å². The molecule has 2 aromatic rings. The second kappa shape index (κ2) is 7.00. The van der Waals surface area contributed by atoms with Gasteiger partial charge in [-0.25, -0.2) is 4.98 Å². The van der Waals surface area contributed by atoms with Gasteiger partial charge in [-0.3, -0.25) is 4.98 Å². The summed E-state index contributed by atoms with van der Waals surface area (Å²) in [6, 6.07) is 3.85. The summed E-state index contributed by atoms with van der Waals surface area (Å²) in [6.07, 6.45) is 5.59. The predicted molar refractivity (Wildman–Crippen MR) is 80.4 cm³/mol. The molecule has 0 saturated heterocycles. The minimum Gasteiger partial charge on any atom is -0.396 e. The summed E-state index contributed by atoms with van der Waals surface area (Å²) in [6.45, 7) is 2.29. The van der Waals surface area contributed by atoms with E-state index in [1.54, 1.807) is 6.20 Å². The Morgan fingerprint density at radius 3 is 2.95 bits per heavy atom. The van der Waals surface area contributed by atoms with Crippen molar-refractivity contribution < 1.29 is 5.11 Å². The molecule has 4 N–H and O–H groups in total. The number of nitrogens with two attached hydrogens (primary N) is 1. The molecule has 2 rings (SSSR count). The summed E-state index contributed by atoms with van der Waals surface area (Å²) in [7, 11) is 0. The summed E-state index contributed by atoms with van der Waals surface area (Å²) in [5.41, 5.74) is 7.17. The van der Waals surface area contributed by atoms with Crippen LogP contribution in [-0.2, 0) is 0 Å². The molecule has 0 aliphatic rings. The van der Waals surface area contributed by atoms with Crippen molar-refractivity contribution in [2.75, 3.05) is 17.7 Å². The Bertz CT molecular complexity index is 560. The van der Waals surface area contributed by atoms with E-state index in [0.29, 0.717) is 17.8 Å². The molecule has 0 saturated carbocycles. The maximum atomic E-state index is 9.17. The summed E-state index contributed by atoms with van der Waals surface area (Å²) in [5, 5.41) is 12.5. The number of nitrogen functional groups attached to an aromatic ring is 1. The third-order valence-corrected chi connectivity index (χ3v) is 3.20. The van der Waals surface area contributed by atoms with Crippen LogP contribution in [0.15, 0.2) is 18.3 Å². The molecule has 20 heavy (non-hydrogen) atoms. The molecule has 0 aromatic carbocycles. The van der Waals surface area contributed by atoms with E-state index in [9.17, 15) is 0 Å². The van der Waals surface area contributed by atoms with Crippen LogP contribution in [0.3, 0.4) is 0 Å². The van der Waals surface area contributed by atoms with Crippen LogP contribution in [0.4, 0.5) is 11.8 Å². The zero-order chi connectivity index (χ0) is 14.4. The van der Waals surface area contributed by atoms with Crippen LogP contribution in [0.1, 0.15) is 32.6 Å². The van der Waals surface area contributed by atoms with E-state index >= 15 is 0 Å². The number of rotatable bonds is 7. The van der Waals surface area contributed by atoms with E-state index in [0.717, 1.165) is 24.8 Å². The van der Waals surface area contributed by atoms with Gasteiger partial charge in [0.25, 0.3) is 0 Å². The van der Waals surface area contributed by atoms with Crippen molar-refractivity contribution in [3.8, 4) is 0 Å². The zero-order valence-electron chi connectivity index (χ0n) is 11.7. The maximum Gasteiger partial charge on any atom is 0.222 e. The summed E-state index contributed by atoms with van der Waals surface area (Å²) >= 11 is 0. The normalized spacial score (nSPS) is 12.5. The Balaban J connectivity index is 2.26. The molecule has 2 heterocycles. The first-order valence-corrected chi connectivity index (χ1v) is 7.00. The third kappa shape index (κ3) is 3.54. The number of nitrogens with zero attached hydrogens (tertiary/aromatic N) is 3. The largest absolute Gasteiger partial charge is 0.396 e. The van der Waals surface area contributed by atoms with Crippen LogP contribution in [0.5, 0.6) is 0 Å². The smallest absolute Gasteiger partial charge is 0.222 e. The van der Waals surface area contributed by atoms with Crippen LogP contribution < -0.4 is 11.1 Å². The van der Waals surface area contributed by atoms with E-state index in [4.69, 9.17) is 10.8 Å². The molecule has 1 atom stereocenters. The second-order valence-electron chi connectivity index (χ2n) is 4.80. The number of aliphatic hydroxyl groups excluding tert-OH is 1. The highest BCUT2D eigenvalue weighted by atomic mass is 16.3. The van der Waals surface area contributed by atoms with Gasteiger partial charge in [-0.05, 0) is 25.0 Å². The van der Waals surface area contributed by atoms with Gasteiger partial charge in [0.2, 0.25) is 5.95 Å². The molecule has 1 unspecified atom stereocenters. The molecule has 0 amide bonds. The number of fused-ring (bicyclic) bond motifs is 1. The first-order chi connectivity index (χ1) is 9.74. The van der Waals surface area contributed by atoms with Crippen LogP contribution >= 0.6 is 0 Å². The van der Waals surface area contributed by atoms with E-state index in [1.165, 1.54) is 0 Å². The number of nitrogens with one attached hydrogen (secondary N) is 1. The van der Waals surface area contributed by atoms with Crippen LogP contribution in [-0.4, -0.2) is 32.7 Å². The summed E-state index contributed by atoms with van der Waals surface area (Å²) in [4.78, 5) is 12.7. The third-order valence-electron chi connectivity index (χ3n) is 3.20. The lowest BCUT2D eigenvalue weighted by atomic mass is 10.1. The molecule has 6 heteroatoms. The van der Waals surface area contributed by atoms with Crippen molar-refractivity contribution in [2.45, 2.75) is 38.6 Å². The van der Waals surface area contributed by atoms with Crippen molar-refractivity contribution in [3.63, 3.8) is 0 Å². The van der Waals surface area contributed by atoms with Crippen molar-refractivity contribution >= 4 is 22.8 Å². The average molecular weight is 275 g/mol. The van der Waals surface area contributed by atoms with Gasteiger partial charge in [-0.15, -0.1) is 0 Å². The standard InChI is InChI=1S/C14H21N5O/c1-2-3-5-10(7-9-20)17-13-12-11(6-4-8-16-12)18-14(15)19-13/h4,6,8,10,20H,2-3,5,7,9H2,1H3,(H3,15,17,18,19). The Morgan fingerprint density at radius 2 is 2.20 bits per heavy atom. The number of aliphatic hydroxyl groups is 1. The number of hydrogen-bond acceptors (Lipinski definition) is 6. The van der Waals surface area contributed by atoms with Gasteiger partial charge >= 0.3 is 0 Å². The Kier molecular flexibility index (Phi) is 5.06. The number of hydrogen-bond donors (Lipinski definition) is 3. The minimum atomic E-state index is 0.146. The number of unbranched alkanes of at least 4 members (excludes halogenated alkanes) is 1. The minimum absolute atomic E-state index is 0.146. The van der Waals surface area contributed by atoms with Gasteiger partial charge in [-0.2, -0.15) is 4.98 Å². The number of anilines is 2. The zero-order valence-corrected chi connectivity index (χ0v) is 11.7. The first kappa shape index (κ1) is 14.5. The average Bonchev–Trinajstić information content (AvgIpc) is 2.44. The van der Waals surface area contributed by atoms with Gasteiger partial charge in [0.15, 0.2) is 5.82 Å². The lowest BCUT2D eigenvalue weighted by Gasteiger charge is -2.19. The summed E-state index contributed by atoms with van der Waals surface area (Å²) < 4.78 is 0. The van der Waals surface area contributed by atoms with Crippen LogP contribution in [0.25, 0.3) is 11.0 Å². The first-order valence-electron chi connectivity index (χ1n) is 7.00. The maximum absolute atomic E-state index is 9.17. The van der Waals surface area contributed by atoms with Crippen molar-refractivity contribution in [1.29, 1.82) is 0 Å². The highest BCUT2D eigenvalue weighted by Gasteiger charge is 2.12. The van der Waals surface area contributed by atoms with Gasteiger partial charge < -0.3 is 16.2 Å². The van der Waals surface area contributed by atoms with Crippen molar-refractivity contribution in [2.24, 2.45) is 0 Å². The quantitative estimate of drug-likeness (QED) is 0.714. The molecule has 2 aromatic heterocycles. The number of pyridine rings is 1. The highest BCUT2D eigenvalue weighted by molar-refractivity contribution is 5.85. The fourth-order valence-corrected chi connectivity index (χ4v) is 2.17. The molecular weight excluding hydrogens is 254 g/mol. The van der Waals surface area contributed by atoms with Crippen molar-refractivity contribution in [3.05, 3.63) is 18.3 Å². The van der Waals surface area contributed by atoms with Gasteiger partial charge in [0, 0.05) is 18.8 Å². The fourth-order valence-electron chi connectivity index (χ4n) is 2.17. The van der Waals surface area contributed by atoms with E-state index in [-0.39, 0.29) is 18.6 Å². The summed E-state index contributed by atoms with van der Waals surface area (Å²) in [5.74, 6) is 0.869. The van der Waals surface area contributed by atoms with Gasteiger partial charge in [-0.1, -0.05) is 19.8 Å². The number of aromatic nitrogens is 3. The Hall–Kier alpha value is -1.95. The second-order valence-corrected chi connectivity index (χ2v) is 4.80. The van der Waals surface area contributed by atoms with Crippen LogP contribution in [0, 0.1) is 0 Å².